The van der Waals surface area contributed by atoms with Gasteiger partial charge < -0.3 is 19.9 Å². The number of amides is 2. The van der Waals surface area contributed by atoms with Crippen LogP contribution >= 0.6 is 0 Å². The highest BCUT2D eigenvalue weighted by Gasteiger charge is 2.20. The molecule has 0 aliphatic carbocycles. The number of carbonyl (C=O) groups excluding carboxylic acids is 2. The van der Waals surface area contributed by atoms with E-state index in [1.165, 1.54) is 12.4 Å². The van der Waals surface area contributed by atoms with Crippen LogP contribution in [0.3, 0.4) is 0 Å². The first-order chi connectivity index (χ1) is 13.7. The fourth-order valence-electron chi connectivity index (χ4n) is 3.38. The predicted molar refractivity (Wildman–Crippen MR) is 105 cm³/mol. The number of hydrogen-bond donors (Lipinski definition) is 2. The summed E-state index contributed by atoms with van der Waals surface area (Å²) in [6.07, 6.45) is 5.67. The third-order valence-electron chi connectivity index (χ3n) is 4.90. The highest BCUT2D eigenvalue weighted by molar-refractivity contribution is 5.99. The molecule has 1 aliphatic rings. The molecule has 0 spiro atoms. The molecule has 7 heteroatoms. The van der Waals surface area contributed by atoms with Gasteiger partial charge in [0.1, 0.15) is 0 Å². The number of aromatic nitrogens is 2. The third-order valence-corrected chi connectivity index (χ3v) is 4.90. The minimum Gasteiger partial charge on any atom is -0.378 e. The zero-order valence-corrected chi connectivity index (χ0v) is 15.5. The van der Waals surface area contributed by atoms with Crippen molar-refractivity contribution in [3.8, 4) is 0 Å². The molecule has 1 aliphatic heterocycles. The molecule has 4 rings (SSSR count). The van der Waals surface area contributed by atoms with Gasteiger partial charge in [-0.3, -0.25) is 14.6 Å². The summed E-state index contributed by atoms with van der Waals surface area (Å²) in [7, 11) is 0. The summed E-state index contributed by atoms with van der Waals surface area (Å²) in [5.74, 6) is -0.354. The summed E-state index contributed by atoms with van der Waals surface area (Å²) in [6, 6.07) is 9.68. The Morgan fingerprint density at radius 3 is 2.79 bits per heavy atom. The molecular weight excluding hydrogens is 356 g/mol. The van der Waals surface area contributed by atoms with Gasteiger partial charge in [-0.1, -0.05) is 18.2 Å². The molecule has 2 aromatic heterocycles. The summed E-state index contributed by atoms with van der Waals surface area (Å²) < 4.78 is 5.27. The maximum absolute atomic E-state index is 12.6. The summed E-state index contributed by atoms with van der Waals surface area (Å²) >= 11 is 0. The van der Waals surface area contributed by atoms with Gasteiger partial charge in [0, 0.05) is 49.1 Å². The van der Waals surface area contributed by atoms with Gasteiger partial charge in [-0.05, 0) is 24.1 Å². The number of nitrogens with zero attached hydrogens (tertiary/aromatic N) is 2. The summed E-state index contributed by atoms with van der Waals surface area (Å²) in [5, 5.41) is 4.07. The van der Waals surface area contributed by atoms with E-state index in [4.69, 9.17) is 4.74 Å². The highest BCUT2D eigenvalue weighted by atomic mass is 16.5. The molecule has 0 bridgehead atoms. The largest absolute Gasteiger partial charge is 0.378 e. The van der Waals surface area contributed by atoms with Gasteiger partial charge in [0.2, 0.25) is 0 Å². The maximum Gasteiger partial charge on any atom is 0.255 e. The van der Waals surface area contributed by atoms with Crippen molar-refractivity contribution in [2.75, 3.05) is 32.8 Å². The van der Waals surface area contributed by atoms with Crippen molar-refractivity contribution in [3.05, 3.63) is 65.6 Å². The quantitative estimate of drug-likeness (QED) is 0.711. The lowest BCUT2D eigenvalue weighted by Gasteiger charge is -2.26. The van der Waals surface area contributed by atoms with E-state index in [1.54, 1.807) is 11.0 Å². The van der Waals surface area contributed by atoms with Crippen molar-refractivity contribution in [1.82, 2.24) is 20.2 Å². The topological polar surface area (TPSA) is 87.3 Å². The van der Waals surface area contributed by atoms with Gasteiger partial charge >= 0.3 is 0 Å². The lowest BCUT2D eigenvalue weighted by molar-refractivity contribution is 0.0302. The van der Waals surface area contributed by atoms with Crippen LogP contribution in [0.4, 0.5) is 0 Å². The molecule has 1 saturated heterocycles. The SMILES string of the molecule is O=C(NCCc1c[nH]c2ccccc12)c1cncc(C(=O)N2CCOCC2)c1. The van der Waals surface area contributed by atoms with E-state index >= 15 is 0 Å². The van der Waals surface area contributed by atoms with Crippen LogP contribution in [0.1, 0.15) is 26.3 Å². The number of fused-ring (bicyclic) bond motifs is 1. The number of H-pyrrole nitrogens is 1. The van der Waals surface area contributed by atoms with Gasteiger partial charge in [-0.15, -0.1) is 0 Å². The number of nitrogens with one attached hydrogen (secondary N) is 2. The zero-order valence-electron chi connectivity index (χ0n) is 15.5. The molecule has 7 nitrogen and oxygen atoms in total. The van der Waals surface area contributed by atoms with Crippen molar-refractivity contribution in [3.63, 3.8) is 0 Å². The van der Waals surface area contributed by atoms with E-state index in [-0.39, 0.29) is 11.8 Å². The average Bonchev–Trinajstić information content (AvgIpc) is 3.17. The second-order valence-electron chi connectivity index (χ2n) is 6.73. The number of rotatable bonds is 5. The van der Waals surface area contributed by atoms with Crippen molar-refractivity contribution in [2.24, 2.45) is 0 Å². The van der Waals surface area contributed by atoms with Crippen LogP contribution in [-0.4, -0.2) is 59.5 Å². The average molecular weight is 378 g/mol. The molecule has 2 amide bonds. The minimum atomic E-state index is -0.232. The van der Waals surface area contributed by atoms with E-state index in [0.717, 1.165) is 22.9 Å². The fraction of sp³-hybridized carbons (Fsp3) is 0.286. The van der Waals surface area contributed by atoms with Crippen molar-refractivity contribution in [1.29, 1.82) is 0 Å². The van der Waals surface area contributed by atoms with Gasteiger partial charge in [0.25, 0.3) is 11.8 Å². The zero-order chi connectivity index (χ0) is 19.3. The van der Waals surface area contributed by atoms with E-state index in [9.17, 15) is 9.59 Å². The third kappa shape index (κ3) is 3.89. The van der Waals surface area contributed by atoms with Crippen LogP contribution in [0.15, 0.2) is 48.9 Å². The molecule has 0 unspecified atom stereocenters. The number of para-hydroxylation sites is 1. The number of hydrogen-bond acceptors (Lipinski definition) is 4. The number of ether oxygens (including phenoxy) is 1. The summed E-state index contributed by atoms with van der Waals surface area (Å²) in [4.78, 5) is 34.1. The first-order valence-corrected chi connectivity index (χ1v) is 9.37. The Balaban J connectivity index is 1.37. The summed E-state index contributed by atoms with van der Waals surface area (Å²) in [6.45, 7) is 2.68. The number of morpholine rings is 1. The fourth-order valence-corrected chi connectivity index (χ4v) is 3.38. The van der Waals surface area contributed by atoms with Gasteiger partial charge in [0.05, 0.1) is 24.3 Å². The Labute approximate surface area is 162 Å². The smallest absolute Gasteiger partial charge is 0.255 e. The Morgan fingerprint density at radius 1 is 1.14 bits per heavy atom. The predicted octanol–water partition coefficient (Wildman–Crippen LogP) is 2.01. The minimum absolute atomic E-state index is 0.121. The monoisotopic (exact) mass is 378 g/mol. The first-order valence-electron chi connectivity index (χ1n) is 9.37. The molecule has 1 fully saturated rings. The summed E-state index contributed by atoms with van der Waals surface area (Å²) in [5.41, 5.74) is 3.05. The maximum atomic E-state index is 12.6. The molecule has 2 N–H and O–H groups in total. The number of pyridine rings is 1. The molecule has 0 saturated carbocycles. The Bertz CT molecular complexity index is 992. The van der Waals surface area contributed by atoms with Crippen molar-refractivity contribution in [2.45, 2.75) is 6.42 Å². The second-order valence-corrected chi connectivity index (χ2v) is 6.73. The first kappa shape index (κ1) is 18.2. The molecule has 3 heterocycles. The Morgan fingerprint density at radius 2 is 1.93 bits per heavy atom. The molecule has 144 valence electrons. The second kappa shape index (κ2) is 8.22. The van der Waals surface area contributed by atoms with Crippen LogP contribution in [0.2, 0.25) is 0 Å². The van der Waals surface area contributed by atoms with Gasteiger partial charge in [-0.2, -0.15) is 0 Å². The molecule has 28 heavy (non-hydrogen) atoms. The van der Waals surface area contributed by atoms with Crippen LogP contribution in [0.5, 0.6) is 0 Å². The molecule has 1 aromatic carbocycles. The van der Waals surface area contributed by atoms with E-state index in [0.29, 0.717) is 44.0 Å². The molecule has 0 radical (unpaired) electrons. The highest BCUT2D eigenvalue weighted by Crippen LogP contribution is 2.17. The number of aromatic amines is 1. The Kier molecular flexibility index (Phi) is 5.34. The van der Waals surface area contributed by atoms with Crippen molar-refractivity contribution >= 4 is 22.7 Å². The van der Waals surface area contributed by atoms with Crippen LogP contribution in [0, 0.1) is 0 Å². The Hall–Kier alpha value is -3.19. The molecular formula is C21H22N4O3. The van der Waals surface area contributed by atoms with E-state index < -0.39 is 0 Å². The van der Waals surface area contributed by atoms with Gasteiger partial charge in [-0.25, -0.2) is 0 Å². The lowest BCUT2D eigenvalue weighted by atomic mass is 10.1. The number of carbonyl (C=O) groups is 2. The molecule has 3 aromatic rings. The van der Waals surface area contributed by atoms with Crippen molar-refractivity contribution < 1.29 is 14.3 Å². The normalized spacial score (nSPS) is 14.2. The standard InChI is InChI=1S/C21H22N4O3/c26-20(23-6-5-15-14-24-19-4-2-1-3-18(15)19)16-11-17(13-22-12-16)21(27)25-7-9-28-10-8-25/h1-4,11-14,24H,5-10H2,(H,23,26). The number of benzene rings is 1. The van der Waals surface area contributed by atoms with Crippen LogP contribution in [-0.2, 0) is 11.2 Å². The van der Waals surface area contributed by atoms with E-state index in [2.05, 4.69) is 21.4 Å². The van der Waals surface area contributed by atoms with Gasteiger partial charge in [0.15, 0.2) is 0 Å². The lowest BCUT2D eigenvalue weighted by Crippen LogP contribution is -2.40. The van der Waals surface area contributed by atoms with Crippen LogP contribution < -0.4 is 5.32 Å². The molecule has 0 atom stereocenters. The van der Waals surface area contributed by atoms with Crippen LogP contribution in [0.25, 0.3) is 10.9 Å². The van der Waals surface area contributed by atoms with E-state index in [1.807, 2.05) is 24.4 Å².